The van der Waals surface area contributed by atoms with Crippen molar-refractivity contribution >= 4 is 22.7 Å². The van der Waals surface area contributed by atoms with Gasteiger partial charge in [-0.25, -0.2) is 9.37 Å². The monoisotopic (exact) mass is 459 g/mol. The topological polar surface area (TPSA) is 81.8 Å². The molecule has 34 heavy (non-hydrogen) atoms. The first kappa shape index (κ1) is 22.3. The number of para-hydroxylation sites is 1. The van der Waals surface area contributed by atoms with E-state index >= 15 is 0 Å². The van der Waals surface area contributed by atoms with Crippen molar-refractivity contribution in [2.45, 2.75) is 44.3 Å². The largest absolute Gasteiger partial charge is 0.362 e. The SMILES string of the molecule is CN(C)c1nc(N[C@H]2CC[C@@H](NCc3c[nH]nc3-c3ccc(F)cc3)CC2)nc2ccccc12. The zero-order chi connectivity index (χ0) is 23.5. The van der Waals surface area contributed by atoms with E-state index in [9.17, 15) is 4.39 Å². The lowest BCUT2D eigenvalue weighted by molar-refractivity contribution is 0.352. The minimum Gasteiger partial charge on any atom is -0.362 e. The molecule has 7 nitrogen and oxygen atoms in total. The second-order valence-corrected chi connectivity index (χ2v) is 9.12. The van der Waals surface area contributed by atoms with E-state index in [4.69, 9.17) is 9.97 Å². The van der Waals surface area contributed by atoms with E-state index in [2.05, 4.69) is 26.9 Å². The minimum absolute atomic E-state index is 0.239. The molecule has 1 saturated carbocycles. The molecule has 8 heteroatoms. The lowest BCUT2D eigenvalue weighted by atomic mass is 9.91. The molecule has 0 bridgehead atoms. The van der Waals surface area contributed by atoms with Gasteiger partial charge in [0.15, 0.2) is 0 Å². The molecule has 1 aliphatic carbocycles. The highest BCUT2D eigenvalue weighted by Gasteiger charge is 2.22. The van der Waals surface area contributed by atoms with Crippen LogP contribution < -0.4 is 15.5 Å². The number of benzene rings is 2. The maximum Gasteiger partial charge on any atom is 0.225 e. The van der Waals surface area contributed by atoms with Crippen molar-refractivity contribution < 1.29 is 4.39 Å². The van der Waals surface area contributed by atoms with Crippen molar-refractivity contribution in [3.63, 3.8) is 0 Å². The molecule has 2 aromatic carbocycles. The van der Waals surface area contributed by atoms with Gasteiger partial charge in [-0.3, -0.25) is 5.10 Å². The lowest BCUT2D eigenvalue weighted by Crippen LogP contribution is -2.37. The fraction of sp³-hybridized carbons (Fsp3) is 0.346. The third-order valence-corrected chi connectivity index (χ3v) is 6.49. The normalized spacial score (nSPS) is 18.2. The molecule has 0 spiro atoms. The predicted octanol–water partition coefficient (Wildman–Crippen LogP) is 4.74. The second kappa shape index (κ2) is 9.77. The molecule has 2 heterocycles. The van der Waals surface area contributed by atoms with Gasteiger partial charge < -0.3 is 15.5 Å². The summed E-state index contributed by atoms with van der Waals surface area (Å²) in [7, 11) is 4.02. The van der Waals surface area contributed by atoms with Crippen LogP contribution in [0.5, 0.6) is 0 Å². The highest BCUT2D eigenvalue weighted by Crippen LogP contribution is 2.27. The molecule has 1 aliphatic rings. The quantitative estimate of drug-likeness (QED) is 0.370. The summed E-state index contributed by atoms with van der Waals surface area (Å²) in [5.41, 5.74) is 3.83. The van der Waals surface area contributed by atoms with Crippen LogP contribution in [0.15, 0.2) is 54.7 Å². The van der Waals surface area contributed by atoms with E-state index in [0.717, 1.165) is 65.8 Å². The number of nitrogens with zero attached hydrogens (tertiary/aromatic N) is 4. The van der Waals surface area contributed by atoms with Gasteiger partial charge in [-0.15, -0.1) is 0 Å². The number of rotatable bonds is 7. The summed E-state index contributed by atoms with van der Waals surface area (Å²) in [6, 6.07) is 15.4. The van der Waals surface area contributed by atoms with Crippen molar-refractivity contribution in [3.05, 3.63) is 66.1 Å². The van der Waals surface area contributed by atoms with Gasteiger partial charge in [0.2, 0.25) is 5.95 Å². The van der Waals surface area contributed by atoms with Gasteiger partial charge in [-0.1, -0.05) is 12.1 Å². The van der Waals surface area contributed by atoms with Crippen LogP contribution in [-0.4, -0.2) is 46.3 Å². The molecular weight excluding hydrogens is 429 g/mol. The fourth-order valence-electron chi connectivity index (χ4n) is 4.65. The van der Waals surface area contributed by atoms with E-state index in [1.165, 1.54) is 12.1 Å². The smallest absolute Gasteiger partial charge is 0.225 e. The molecule has 4 aromatic rings. The molecule has 0 unspecified atom stereocenters. The molecular formula is C26H30FN7. The number of aromatic nitrogens is 4. The number of aromatic amines is 1. The molecule has 2 aromatic heterocycles. The summed E-state index contributed by atoms with van der Waals surface area (Å²) in [5.74, 6) is 1.39. The number of H-pyrrole nitrogens is 1. The number of hydrogen-bond acceptors (Lipinski definition) is 6. The van der Waals surface area contributed by atoms with E-state index in [1.807, 2.05) is 43.4 Å². The third kappa shape index (κ3) is 4.87. The van der Waals surface area contributed by atoms with Crippen LogP contribution in [0.3, 0.4) is 0 Å². The molecule has 0 saturated heterocycles. The summed E-state index contributed by atoms with van der Waals surface area (Å²) < 4.78 is 13.3. The Morgan fingerprint density at radius 1 is 0.971 bits per heavy atom. The number of hydrogen-bond donors (Lipinski definition) is 3. The van der Waals surface area contributed by atoms with Gasteiger partial charge in [0, 0.05) is 55.4 Å². The average Bonchev–Trinajstić information content (AvgIpc) is 3.32. The minimum atomic E-state index is -0.239. The first-order valence-electron chi connectivity index (χ1n) is 11.8. The summed E-state index contributed by atoms with van der Waals surface area (Å²) in [4.78, 5) is 11.6. The highest BCUT2D eigenvalue weighted by molar-refractivity contribution is 5.90. The van der Waals surface area contributed by atoms with Crippen LogP contribution >= 0.6 is 0 Å². The van der Waals surface area contributed by atoms with Gasteiger partial charge in [0.25, 0.3) is 0 Å². The fourth-order valence-corrected chi connectivity index (χ4v) is 4.65. The summed E-state index contributed by atoms with van der Waals surface area (Å²) in [6.45, 7) is 0.728. The van der Waals surface area contributed by atoms with Crippen LogP contribution in [-0.2, 0) is 6.54 Å². The summed E-state index contributed by atoms with van der Waals surface area (Å²) in [6.07, 6.45) is 6.19. The van der Waals surface area contributed by atoms with Gasteiger partial charge in [-0.2, -0.15) is 10.1 Å². The second-order valence-electron chi connectivity index (χ2n) is 9.12. The predicted molar refractivity (Wildman–Crippen MR) is 134 cm³/mol. The molecule has 0 radical (unpaired) electrons. The Hall–Kier alpha value is -3.52. The van der Waals surface area contributed by atoms with E-state index < -0.39 is 0 Å². The number of halogens is 1. The number of nitrogens with one attached hydrogen (secondary N) is 3. The molecule has 0 aliphatic heterocycles. The van der Waals surface area contributed by atoms with Crippen molar-refractivity contribution in [1.82, 2.24) is 25.5 Å². The molecule has 5 rings (SSSR count). The van der Waals surface area contributed by atoms with Gasteiger partial charge >= 0.3 is 0 Å². The Bertz CT molecular complexity index is 1240. The standard InChI is InChI=1S/C26H30FN7/c1-34(2)25-22-5-3-4-6-23(22)31-26(32-25)30-21-13-11-20(12-14-21)28-15-18-16-29-33-24(18)17-7-9-19(27)10-8-17/h3-10,16,20-21,28H,11-15H2,1-2H3,(H,29,33)(H,30,31,32)/t20-,21+. The van der Waals surface area contributed by atoms with Gasteiger partial charge in [0.05, 0.1) is 11.2 Å². The number of anilines is 2. The zero-order valence-corrected chi connectivity index (χ0v) is 19.6. The van der Waals surface area contributed by atoms with Crippen molar-refractivity contribution in [1.29, 1.82) is 0 Å². The Labute approximate surface area is 198 Å². The van der Waals surface area contributed by atoms with E-state index in [0.29, 0.717) is 18.0 Å². The third-order valence-electron chi connectivity index (χ3n) is 6.49. The van der Waals surface area contributed by atoms with Crippen molar-refractivity contribution in [3.8, 4) is 11.3 Å². The Kier molecular flexibility index (Phi) is 6.40. The van der Waals surface area contributed by atoms with Crippen molar-refractivity contribution in [2.75, 3.05) is 24.3 Å². The summed E-state index contributed by atoms with van der Waals surface area (Å²) in [5, 5.41) is 15.6. The van der Waals surface area contributed by atoms with E-state index in [1.54, 1.807) is 12.1 Å². The maximum absolute atomic E-state index is 13.3. The summed E-state index contributed by atoms with van der Waals surface area (Å²) >= 11 is 0. The van der Waals surface area contributed by atoms with Crippen molar-refractivity contribution in [2.24, 2.45) is 0 Å². The molecule has 0 atom stereocenters. The Morgan fingerprint density at radius 2 is 1.71 bits per heavy atom. The molecule has 0 amide bonds. The molecule has 3 N–H and O–H groups in total. The zero-order valence-electron chi connectivity index (χ0n) is 19.6. The lowest BCUT2D eigenvalue weighted by Gasteiger charge is -2.30. The van der Waals surface area contributed by atoms with Gasteiger partial charge in [0.1, 0.15) is 11.6 Å². The van der Waals surface area contributed by atoms with Crippen LogP contribution in [0.2, 0.25) is 0 Å². The first-order valence-corrected chi connectivity index (χ1v) is 11.8. The van der Waals surface area contributed by atoms with Crippen LogP contribution in [0.25, 0.3) is 22.2 Å². The average molecular weight is 460 g/mol. The van der Waals surface area contributed by atoms with Crippen LogP contribution in [0.1, 0.15) is 31.2 Å². The van der Waals surface area contributed by atoms with E-state index in [-0.39, 0.29) is 5.82 Å². The number of fused-ring (bicyclic) bond motifs is 1. The van der Waals surface area contributed by atoms with Crippen LogP contribution in [0.4, 0.5) is 16.2 Å². The van der Waals surface area contributed by atoms with Crippen LogP contribution in [0, 0.1) is 5.82 Å². The Morgan fingerprint density at radius 3 is 2.47 bits per heavy atom. The molecule has 1 fully saturated rings. The Balaban J connectivity index is 1.17. The first-order chi connectivity index (χ1) is 16.6. The maximum atomic E-state index is 13.3. The molecule has 176 valence electrons. The highest BCUT2D eigenvalue weighted by atomic mass is 19.1. The van der Waals surface area contributed by atoms with Gasteiger partial charge in [-0.05, 0) is 62.1 Å².